The van der Waals surface area contributed by atoms with Gasteiger partial charge in [-0.1, -0.05) is 0 Å². The van der Waals surface area contributed by atoms with Crippen molar-refractivity contribution in [1.82, 2.24) is 9.55 Å². The summed E-state index contributed by atoms with van der Waals surface area (Å²) in [5.41, 5.74) is 2.30. The van der Waals surface area contributed by atoms with Crippen LogP contribution in [0.1, 0.15) is 5.69 Å². The minimum Gasteiger partial charge on any atom is -0.390 e. The average molecular weight is 158 g/mol. The molecule has 0 amide bonds. The molecule has 1 aromatic rings. The summed E-state index contributed by atoms with van der Waals surface area (Å²) < 4.78 is 1.77. The van der Waals surface area contributed by atoms with Crippen molar-refractivity contribution in [3.63, 3.8) is 0 Å². The van der Waals surface area contributed by atoms with E-state index in [1.165, 1.54) is 5.48 Å². The minimum atomic E-state index is 0.00105. The van der Waals surface area contributed by atoms with Gasteiger partial charge < -0.3 is 5.11 Å². The number of aromatic nitrogens is 2. The Morgan fingerprint density at radius 1 is 1.82 bits per heavy atom. The van der Waals surface area contributed by atoms with Gasteiger partial charge in [0.05, 0.1) is 25.6 Å². The summed E-state index contributed by atoms with van der Waals surface area (Å²) in [5, 5.41) is 8.78. The van der Waals surface area contributed by atoms with Crippen molar-refractivity contribution >= 4 is 5.95 Å². The predicted molar refractivity (Wildman–Crippen MR) is 37.7 cm³/mol. The third-order valence-electron chi connectivity index (χ3n) is 1.51. The maximum Gasteiger partial charge on any atom is 0.339 e. The molecule has 0 saturated heterocycles. The van der Waals surface area contributed by atoms with E-state index in [9.17, 15) is 0 Å². The summed E-state index contributed by atoms with van der Waals surface area (Å²) in [5.74, 6) is 0.705. The zero-order valence-corrected chi connectivity index (χ0v) is 6.61. The predicted octanol–water partition coefficient (Wildman–Crippen LogP) is -1.33. The van der Waals surface area contributed by atoms with E-state index in [1.54, 1.807) is 17.9 Å². The summed E-state index contributed by atoms with van der Waals surface area (Å²) >= 11 is 0. The fraction of sp³-hybridized carbons (Fsp3) is 0.500. The monoisotopic (exact) mass is 158 g/mol. The quantitative estimate of drug-likeness (QED) is 0.536. The molecule has 0 aliphatic heterocycles. The van der Waals surface area contributed by atoms with E-state index >= 15 is 0 Å². The van der Waals surface area contributed by atoms with Crippen LogP contribution in [0.25, 0.3) is 0 Å². The highest BCUT2D eigenvalue weighted by Gasteiger charge is 2.07. The SMILES string of the molecule is CO[NH2+]c1ncc(CO)n1C. The third kappa shape index (κ3) is 1.56. The molecule has 0 radical (unpaired) electrons. The Bertz CT molecular complexity index is 234. The van der Waals surface area contributed by atoms with Crippen LogP contribution in [0.2, 0.25) is 0 Å². The first-order valence-electron chi connectivity index (χ1n) is 3.27. The molecule has 1 heterocycles. The van der Waals surface area contributed by atoms with Gasteiger partial charge in [0.15, 0.2) is 0 Å². The first kappa shape index (κ1) is 8.19. The number of hydrogen-bond donors (Lipinski definition) is 2. The topological polar surface area (TPSA) is 63.9 Å². The number of imidazole rings is 1. The summed E-state index contributed by atoms with van der Waals surface area (Å²) in [6.45, 7) is 0.00105. The molecule has 0 bridgehead atoms. The van der Waals surface area contributed by atoms with Crippen molar-refractivity contribution in [3.05, 3.63) is 11.9 Å². The van der Waals surface area contributed by atoms with Crippen LogP contribution in [0, 0.1) is 0 Å². The van der Waals surface area contributed by atoms with Crippen molar-refractivity contribution < 1.29 is 15.4 Å². The van der Waals surface area contributed by atoms with Crippen LogP contribution in [-0.4, -0.2) is 21.8 Å². The lowest BCUT2D eigenvalue weighted by molar-refractivity contribution is -0.835. The Labute approximate surface area is 64.6 Å². The number of aliphatic hydroxyl groups is 1. The second-order valence-corrected chi connectivity index (χ2v) is 2.18. The summed E-state index contributed by atoms with van der Waals surface area (Å²) in [4.78, 5) is 8.78. The Morgan fingerprint density at radius 2 is 2.55 bits per heavy atom. The Kier molecular flexibility index (Phi) is 2.58. The number of nitrogens with two attached hydrogens (primary N) is 1. The highest BCUT2D eigenvalue weighted by molar-refractivity contribution is 5.11. The number of rotatable bonds is 3. The van der Waals surface area contributed by atoms with E-state index < -0.39 is 0 Å². The molecule has 5 nitrogen and oxygen atoms in total. The molecular formula is C6H12N3O2+. The molecular weight excluding hydrogens is 146 g/mol. The van der Waals surface area contributed by atoms with E-state index in [-0.39, 0.29) is 6.61 Å². The first-order valence-corrected chi connectivity index (χ1v) is 3.27. The molecule has 0 saturated carbocycles. The van der Waals surface area contributed by atoms with Crippen LogP contribution in [-0.2, 0) is 18.5 Å². The molecule has 0 aromatic carbocycles. The highest BCUT2D eigenvalue weighted by atomic mass is 16.6. The van der Waals surface area contributed by atoms with Crippen LogP contribution < -0.4 is 5.48 Å². The van der Waals surface area contributed by atoms with Crippen LogP contribution in [0.15, 0.2) is 6.20 Å². The number of quaternary nitrogens is 1. The molecule has 0 spiro atoms. The van der Waals surface area contributed by atoms with Crippen LogP contribution >= 0.6 is 0 Å². The first-order chi connectivity index (χ1) is 5.29. The van der Waals surface area contributed by atoms with Gasteiger partial charge in [-0.2, -0.15) is 4.98 Å². The van der Waals surface area contributed by atoms with Gasteiger partial charge in [0.2, 0.25) is 0 Å². The fourth-order valence-corrected chi connectivity index (χ4v) is 0.823. The van der Waals surface area contributed by atoms with Crippen molar-refractivity contribution in [2.24, 2.45) is 7.05 Å². The largest absolute Gasteiger partial charge is 0.390 e. The number of aliphatic hydroxyl groups excluding tert-OH is 1. The van der Waals surface area contributed by atoms with Gasteiger partial charge >= 0.3 is 5.95 Å². The maximum atomic E-state index is 8.78. The minimum absolute atomic E-state index is 0.00105. The van der Waals surface area contributed by atoms with Crippen molar-refractivity contribution in [3.8, 4) is 0 Å². The molecule has 0 fully saturated rings. The van der Waals surface area contributed by atoms with Crippen molar-refractivity contribution in [1.29, 1.82) is 0 Å². The van der Waals surface area contributed by atoms with Crippen LogP contribution in [0.4, 0.5) is 5.95 Å². The number of hydrogen-bond acceptors (Lipinski definition) is 3. The fourth-order valence-electron chi connectivity index (χ4n) is 0.823. The van der Waals surface area contributed by atoms with Gasteiger partial charge in [-0.3, -0.25) is 4.57 Å². The molecule has 1 rings (SSSR count). The summed E-state index contributed by atoms with van der Waals surface area (Å²) in [6, 6.07) is 0. The zero-order chi connectivity index (χ0) is 8.27. The van der Waals surface area contributed by atoms with Crippen molar-refractivity contribution in [2.75, 3.05) is 7.11 Å². The molecule has 1 aromatic heterocycles. The summed E-state index contributed by atoms with van der Waals surface area (Å²) in [7, 11) is 3.39. The standard InChI is InChI=1S/C6H11N3O2/c1-9-5(4-10)3-7-6(9)8-11-2/h3,10H,4H2,1-2H3,(H,7,8)/p+1. The van der Waals surface area contributed by atoms with E-state index in [0.717, 1.165) is 5.69 Å². The smallest absolute Gasteiger partial charge is 0.339 e. The Morgan fingerprint density at radius 3 is 3.00 bits per heavy atom. The van der Waals surface area contributed by atoms with Crippen molar-refractivity contribution in [2.45, 2.75) is 6.61 Å². The number of nitrogens with zero attached hydrogens (tertiary/aromatic N) is 2. The Hall–Kier alpha value is -0.910. The third-order valence-corrected chi connectivity index (χ3v) is 1.51. The lowest BCUT2D eigenvalue weighted by Crippen LogP contribution is -2.77. The molecule has 3 N–H and O–H groups in total. The second-order valence-electron chi connectivity index (χ2n) is 2.18. The lowest BCUT2D eigenvalue weighted by atomic mass is 10.5. The maximum absolute atomic E-state index is 8.78. The molecule has 62 valence electrons. The van der Waals surface area contributed by atoms with Gasteiger partial charge in [0.25, 0.3) is 0 Å². The van der Waals surface area contributed by atoms with Crippen LogP contribution in [0.5, 0.6) is 0 Å². The Balaban J connectivity index is 2.82. The molecule has 5 heteroatoms. The zero-order valence-electron chi connectivity index (χ0n) is 6.61. The van der Waals surface area contributed by atoms with Gasteiger partial charge in [0.1, 0.15) is 0 Å². The van der Waals surface area contributed by atoms with Gasteiger partial charge in [-0.25, -0.2) is 4.84 Å². The average Bonchev–Trinajstić information content (AvgIpc) is 2.34. The lowest BCUT2D eigenvalue weighted by Gasteiger charge is -1.98. The van der Waals surface area contributed by atoms with E-state index in [1.807, 2.05) is 7.05 Å². The normalized spacial score (nSPS) is 10.5. The van der Waals surface area contributed by atoms with Crippen LogP contribution in [0.3, 0.4) is 0 Å². The molecule has 0 atom stereocenters. The van der Waals surface area contributed by atoms with E-state index in [2.05, 4.69) is 4.98 Å². The van der Waals surface area contributed by atoms with Gasteiger partial charge in [-0.15, -0.1) is 5.48 Å². The highest BCUT2D eigenvalue weighted by Crippen LogP contribution is 2.01. The second kappa shape index (κ2) is 3.47. The van der Waals surface area contributed by atoms with E-state index in [0.29, 0.717) is 5.95 Å². The molecule has 11 heavy (non-hydrogen) atoms. The molecule has 0 aliphatic carbocycles. The van der Waals surface area contributed by atoms with Gasteiger partial charge in [0, 0.05) is 7.05 Å². The molecule has 0 aliphatic rings. The van der Waals surface area contributed by atoms with E-state index in [4.69, 9.17) is 9.94 Å². The summed E-state index contributed by atoms with van der Waals surface area (Å²) in [6.07, 6.45) is 1.62. The molecule has 0 unspecified atom stereocenters. The van der Waals surface area contributed by atoms with Gasteiger partial charge in [-0.05, 0) is 0 Å².